The first-order valence-corrected chi connectivity index (χ1v) is 13.4. The van der Waals surface area contributed by atoms with E-state index in [2.05, 4.69) is 10.3 Å². The molecule has 7 heteroatoms. The molecule has 1 aromatic heterocycles. The van der Waals surface area contributed by atoms with Gasteiger partial charge in [0.2, 0.25) is 11.8 Å². The summed E-state index contributed by atoms with van der Waals surface area (Å²) in [5.74, 6) is -1.00. The van der Waals surface area contributed by atoms with E-state index >= 15 is 0 Å². The molecule has 0 radical (unpaired) electrons. The number of carboxylic acids is 1. The van der Waals surface area contributed by atoms with Gasteiger partial charge in [0.25, 0.3) is 0 Å². The molecule has 0 saturated heterocycles. The Kier molecular flexibility index (Phi) is 9.35. The first kappa shape index (κ1) is 26.5. The predicted octanol–water partition coefficient (Wildman–Crippen LogP) is 4.71. The Hall–Kier alpha value is -3.61. The molecule has 37 heavy (non-hydrogen) atoms. The number of benzene rings is 2. The molecule has 0 bridgehead atoms. The van der Waals surface area contributed by atoms with Crippen LogP contribution in [0.3, 0.4) is 0 Å². The zero-order chi connectivity index (χ0) is 26.0. The molecule has 1 fully saturated rings. The maximum atomic E-state index is 13.7. The summed E-state index contributed by atoms with van der Waals surface area (Å²) in [7, 11) is 0. The molecule has 0 aliphatic heterocycles. The second-order valence-electron chi connectivity index (χ2n) is 10.1. The van der Waals surface area contributed by atoms with Gasteiger partial charge in [-0.2, -0.15) is 0 Å². The van der Waals surface area contributed by atoms with Gasteiger partial charge in [0.1, 0.15) is 12.6 Å². The SMILES string of the molecule is O=C(O)CN(CCCC1CCCCC1)C(=O)C(Cc1ccccc1)NC(=O)Cc1c[nH]c2ccccc12. The van der Waals surface area contributed by atoms with Gasteiger partial charge in [-0.05, 0) is 36.0 Å². The van der Waals surface area contributed by atoms with Crippen LogP contribution >= 0.6 is 0 Å². The second kappa shape index (κ2) is 13.1. The molecule has 1 aliphatic rings. The minimum absolute atomic E-state index is 0.128. The zero-order valence-corrected chi connectivity index (χ0v) is 21.3. The van der Waals surface area contributed by atoms with Crippen molar-refractivity contribution in [3.8, 4) is 0 Å². The molecule has 7 nitrogen and oxygen atoms in total. The minimum atomic E-state index is -1.05. The summed E-state index contributed by atoms with van der Waals surface area (Å²) in [5.41, 5.74) is 2.72. The van der Waals surface area contributed by atoms with Gasteiger partial charge in [0.05, 0.1) is 6.42 Å². The van der Waals surface area contributed by atoms with Crippen LogP contribution in [0, 0.1) is 5.92 Å². The Bertz CT molecular complexity index is 1180. The Morgan fingerprint density at radius 3 is 2.49 bits per heavy atom. The number of aromatic amines is 1. The smallest absolute Gasteiger partial charge is 0.323 e. The van der Waals surface area contributed by atoms with Crippen molar-refractivity contribution in [2.75, 3.05) is 13.1 Å². The predicted molar refractivity (Wildman–Crippen MR) is 144 cm³/mol. The number of nitrogens with zero attached hydrogens (tertiary/aromatic N) is 1. The van der Waals surface area contributed by atoms with E-state index in [0.717, 1.165) is 34.9 Å². The van der Waals surface area contributed by atoms with Crippen LogP contribution in [0.2, 0.25) is 0 Å². The van der Waals surface area contributed by atoms with E-state index in [1.807, 2.05) is 60.8 Å². The van der Waals surface area contributed by atoms with Gasteiger partial charge in [-0.1, -0.05) is 80.6 Å². The highest BCUT2D eigenvalue weighted by Crippen LogP contribution is 2.27. The quantitative estimate of drug-likeness (QED) is 0.333. The van der Waals surface area contributed by atoms with Gasteiger partial charge >= 0.3 is 5.97 Å². The lowest BCUT2D eigenvalue weighted by Gasteiger charge is -2.28. The lowest BCUT2D eigenvalue weighted by molar-refractivity contribution is -0.145. The first-order valence-electron chi connectivity index (χ1n) is 13.4. The van der Waals surface area contributed by atoms with E-state index in [-0.39, 0.29) is 24.8 Å². The van der Waals surface area contributed by atoms with Gasteiger partial charge in [-0.25, -0.2) is 0 Å². The third-order valence-corrected chi connectivity index (χ3v) is 7.34. The number of nitrogens with one attached hydrogen (secondary N) is 2. The summed E-state index contributed by atoms with van der Waals surface area (Å²) < 4.78 is 0. The Labute approximate surface area is 218 Å². The van der Waals surface area contributed by atoms with Crippen LogP contribution in [0.15, 0.2) is 60.8 Å². The Morgan fingerprint density at radius 2 is 1.73 bits per heavy atom. The summed E-state index contributed by atoms with van der Waals surface area (Å²) in [6.07, 6.45) is 10.3. The summed E-state index contributed by atoms with van der Waals surface area (Å²) in [6, 6.07) is 16.4. The molecule has 1 heterocycles. The molecular weight excluding hydrogens is 466 g/mol. The van der Waals surface area contributed by atoms with Crippen molar-refractivity contribution in [1.29, 1.82) is 0 Å². The lowest BCUT2D eigenvalue weighted by Crippen LogP contribution is -2.51. The first-order chi connectivity index (χ1) is 18.0. The van der Waals surface area contributed by atoms with E-state index in [4.69, 9.17) is 0 Å². The number of fused-ring (bicyclic) bond motifs is 1. The van der Waals surface area contributed by atoms with E-state index in [1.165, 1.54) is 37.0 Å². The molecule has 1 atom stereocenters. The van der Waals surface area contributed by atoms with Crippen molar-refractivity contribution in [1.82, 2.24) is 15.2 Å². The monoisotopic (exact) mass is 503 g/mol. The summed E-state index contributed by atoms with van der Waals surface area (Å²) in [5, 5.41) is 13.4. The highest BCUT2D eigenvalue weighted by Gasteiger charge is 2.28. The lowest BCUT2D eigenvalue weighted by atomic mass is 9.86. The van der Waals surface area contributed by atoms with E-state index in [0.29, 0.717) is 18.9 Å². The second-order valence-corrected chi connectivity index (χ2v) is 10.1. The summed E-state index contributed by atoms with van der Waals surface area (Å²) in [4.78, 5) is 43.0. The van der Waals surface area contributed by atoms with Crippen molar-refractivity contribution in [2.45, 2.75) is 63.8 Å². The standard InChI is InChI=1S/C30H37N3O4/c34-28(19-24-20-31-26-16-8-7-15-25(24)26)32-27(18-23-12-5-2-6-13-23)30(37)33(21-29(35)36)17-9-14-22-10-3-1-4-11-22/h2,5-8,12-13,15-16,20,22,27,31H,1,3-4,9-11,14,17-19,21H2,(H,32,34)(H,35,36). The minimum Gasteiger partial charge on any atom is -0.480 e. The van der Waals surface area contributed by atoms with Gasteiger partial charge in [-0.3, -0.25) is 14.4 Å². The van der Waals surface area contributed by atoms with Crippen molar-refractivity contribution in [2.24, 2.45) is 5.92 Å². The topological polar surface area (TPSA) is 102 Å². The van der Waals surface area contributed by atoms with E-state index in [1.54, 1.807) is 0 Å². The fraction of sp³-hybridized carbons (Fsp3) is 0.433. The molecule has 196 valence electrons. The number of carbonyl (C=O) groups is 3. The van der Waals surface area contributed by atoms with Crippen LogP contribution in [-0.4, -0.2) is 51.9 Å². The van der Waals surface area contributed by atoms with E-state index in [9.17, 15) is 19.5 Å². The molecule has 4 rings (SSSR count). The van der Waals surface area contributed by atoms with Crippen LogP contribution in [0.5, 0.6) is 0 Å². The van der Waals surface area contributed by atoms with E-state index < -0.39 is 12.0 Å². The number of para-hydroxylation sites is 1. The number of hydrogen-bond donors (Lipinski definition) is 3. The molecule has 0 spiro atoms. The van der Waals surface area contributed by atoms with Gasteiger partial charge in [-0.15, -0.1) is 0 Å². The van der Waals surface area contributed by atoms with Crippen molar-refractivity contribution >= 4 is 28.7 Å². The largest absolute Gasteiger partial charge is 0.480 e. The van der Waals surface area contributed by atoms with Crippen LogP contribution in [0.25, 0.3) is 10.9 Å². The van der Waals surface area contributed by atoms with Crippen LogP contribution in [0.4, 0.5) is 0 Å². The number of aromatic nitrogens is 1. The van der Waals surface area contributed by atoms with Crippen molar-refractivity contribution in [3.63, 3.8) is 0 Å². The molecule has 2 aromatic carbocycles. The number of H-pyrrole nitrogens is 1. The molecule has 1 aliphatic carbocycles. The Balaban J connectivity index is 1.46. The third-order valence-electron chi connectivity index (χ3n) is 7.34. The average Bonchev–Trinajstić information content (AvgIpc) is 3.31. The molecule has 3 N–H and O–H groups in total. The fourth-order valence-electron chi connectivity index (χ4n) is 5.44. The van der Waals surface area contributed by atoms with Crippen LogP contribution in [-0.2, 0) is 27.2 Å². The summed E-state index contributed by atoms with van der Waals surface area (Å²) >= 11 is 0. The molecule has 1 unspecified atom stereocenters. The normalized spacial score (nSPS) is 14.8. The highest BCUT2D eigenvalue weighted by atomic mass is 16.4. The zero-order valence-electron chi connectivity index (χ0n) is 21.3. The van der Waals surface area contributed by atoms with Gasteiger partial charge in [0.15, 0.2) is 0 Å². The molecule has 2 amide bonds. The van der Waals surface area contributed by atoms with Crippen molar-refractivity contribution in [3.05, 3.63) is 71.9 Å². The number of carbonyl (C=O) groups excluding carboxylic acids is 2. The molecule has 3 aromatic rings. The maximum absolute atomic E-state index is 13.7. The number of amides is 2. The highest BCUT2D eigenvalue weighted by molar-refractivity contribution is 5.92. The third kappa shape index (κ3) is 7.68. The summed E-state index contributed by atoms with van der Waals surface area (Å²) in [6.45, 7) is 0.0123. The maximum Gasteiger partial charge on any atom is 0.323 e. The number of rotatable bonds is 12. The van der Waals surface area contributed by atoms with Crippen molar-refractivity contribution < 1.29 is 19.5 Å². The van der Waals surface area contributed by atoms with Gasteiger partial charge < -0.3 is 20.3 Å². The Morgan fingerprint density at radius 1 is 1.00 bits per heavy atom. The number of aliphatic carboxylic acids is 1. The molecule has 1 saturated carbocycles. The number of hydrogen-bond acceptors (Lipinski definition) is 3. The van der Waals surface area contributed by atoms with Crippen LogP contribution < -0.4 is 5.32 Å². The number of carboxylic acid groups (broad SMARTS) is 1. The molecular formula is C30H37N3O4. The average molecular weight is 504 g/mol. The fourth-order valence-corrected chi connectivity index (χ4v) is 5.44. The van der Waals surface area contributed by atoms with Gasteiger partial charge in [0, 0.05) is 30.1 Å². The van der Waals surface area contributed by atoms with Crippen LogP contribution in [0.1, 0.15) is 56.1 Å².